The molecule has 8 nitrogen and oxygen atoms in total. The summed E-state index contributed by atoms with van der Waals surface area (Å²) in [5.41, 5.74) is 2.04. The fraction of sp³-hybridized carbons (Fsp3) is 0.522. The molecule has 10 heteroatoms. The summed E-state index contributed by atoms with van der Waals surface area (Å²) in [7, 11) is 0. The molecule has 2 N–H and O–H groups in total. The average Bonchev–Trinajstić information content (AvgIpc) is 3.44. The number of benzene rings is 1. The van der Waals surface area contributed by atoms with Crippen LogP contribution in [-0.2, 0) is 4.74 Å². The maximum Gasteiger partial charge on any atom is 0.223 e. The van der Waals surface area contributed by atoms with E-state index in [0.717, 1.165) is 31.9 Å². The second kappa shape index (κ2) is 9.04. The molecule has 3 aromatic rings. The molecule has 2 fully saturated rings. The predicted molar refractivity (Wildman–Crippen MR) is 126 cm³/mol. The summed E-state index contributed by atoms with van der Waals surface area (Å²) in [4.78, 5) is 15.7. The molecule has 0 bridgehead atoms. The molecule has 2 aliphatic rings. The molecule has 0 spiro atoms. The lowest BCUT2D eigenvalue weighted by Crippen LogP contribution is -2.42. The van der Waals surface area contributed by atoms with Crippen LogP contribution >= 0.6 is 11.6 Å². The van der Waals surface area contributed by atoms with Gasteiger partial charge in [-0.2, -0.15) is 0 Å². The Morgan fingerprint density at radius 1 is 1.24 bits per heavy atom. The van der Waals surface area contributed by atoms with Crippen molar-refractivity contribution in [3.05, 3.63) is 29.2 Å². The van der Waals surface area contributed by atoms with Gasteiger partial charge in [-0.15, -0.1) is 0 Å². The van der Waals surface area contributed by atoms with Crippen molar-refractivity contribution < 1.29 is 14.2 Å². The Labute approximate surface area is 196 Å². The van der Waals surface area contributed by atoms with Crippen LogP contribution in [0.15, 0.2) is 18.3 Å². The van der Waals surface area contributed by atoms with E-state index in [9.17, 15) is 5.11 Å². The summed E-state index contributed by atoms with van der Waals surface area (Å²) >= 11 is 6.44. The highest BCUT2D eigenvalue weighted by atomic mass is 35.5. The lowest BCUT2D eigenvalue weighted by molar-refractivity contribution is -0.0136. The van der Waals surface area contributed by atoms with Crippen LogP contribution in [0.3, 0.4) is 0 Å². The second-order valence-electron chi connectivity index (χ2n) is 8.97. The van der Waals surface area contributed by atoms with E-state index in [1.54, 1.807) is 0 Å². The van der Waals surface area contributed by atoms with Crippen LogP contribution in [0.1, 0.15) is 39.2 Å². The number of ether oxygens (including phenoxy) is 1. The van der Waals surface area contributed by atoms with E-state index >= 15 is 4.39 Å². The first-order valence-corrected chi connectivity index (χ1v) is 11.8. The Hall–Kier alpha value is -2.49. The van der Waals surface area contributed by atoms with Gasteiger partial charge < -0.3 is 24.6 Å². The standard InChI is InChI=1S/C23H28ClFN6O2/c1-13(2)31-18-10-14(9-16(25)21(18)29-23(31)30-6-3-4-7-30)20-15(24)11-26-22(28-20)27-17-5-8-33-12-19(17)32/h9-11,13,17,19,32H,3-8,12H2,1-2H3,(H,26,27,28)/t17-,19-/m1/s1. The summed E-state index contributed by atoms with van der Waals surface area (Å²) in [6.07, 6.45) is 3.71. The first kappa shape index (κ1) is 22.3. The van der Waals surface area contributed by atoms with Crippen molar-refractivity contribution in [2.75, 3.05) is 36.5 Å². The fourth-order valence-electron chi connectivity index (χ4n) is 4.62. The van der Waals surface area contributed by atoms with Crippen molar-refractivity contribution in [3.8, 4) is 11.3 Å². The van der Waals surface area contributed by atoms with Gasteiger partial charge in [0.15, 0.2) is 5.82 Å². The number of halogens is 2. The maximum atomic E-state index is 15.3. The van der Waals surface area contributed by atoms with Crippen molar-refractivity contribution in [1.82, 2.24) is 19.5 Å². The predicted octanol–water partition coefficient (Wildman–Crippen LogP) is 4.03. The molecule has 0 amide bonds. The number of aliphatic hydroxyl groups excluding tert-OH is 1. The van der Waals surface area contributed by atoms with Crippen LogP contribution in [0.4, 0.5) is 16.3 Å². The summed E-state index contributed by atoms with van der Waals surface area (Å²) in [5.74, 6) is 0.723. The van der Waals surface area contributed by atoms with E-state index in [1.807, 2.05) is 6.07 Å². The third kappa shape index (κ3) is 4.25. The average molecular weight is 475 g/mol. The third-order valence-electron chi connectivity index (χ3n) is 6.29. The smallest absolute Gasteiger partial charge is 0.223 e. The zero-order valence-electron chi connectivity index (χ0n) is 18.8. The number of hydrogen-bond donors (Lipinski definition) is 2. The van der Waals surface area contributed by atoms with Crippen molar-refractivity contribution in [2.45, 2.75) is 51.3 Å². The number of fused-ring (bicyclic) bond motifs is 1. The summed E-state index contributed by atoms with van der Waals surface area (Å²) < 4.78 is 22.7. The number of aromatic nitrogens is 4. The number of nitrogens with one attached hydrogen (secondary N) is 1. The highest BCUT2D eigenvalue weighted by Crippen LogP contribution is 2.35. The summed E-state index contributed by atoms with van der Waals surface area (Å²) in [6.45, 7) is 6.81. The van der Waals surface area contributed by atoms with Gasteiger partial charge >= 0.3 is 0 Å². The van der Waals surface area contributed by atoms with E-state index in [1.165, 1.54) is 12.3 Å². The third-order valence-corrected chi connectivity index (χ3v) is 6.57. The van der Waals surface area contributed by atoms with E-state index in [4.69, 9.17) is 16.3 Å². The first-order chi connectivity index (χ1) is 15.9. The van der Waals surface area contributed by atoms with Gasteiger partial charge in [0.25, 0.3) is 0 Å². The number of aliphatic hydroxyl groups is 1. The summed E-state index contributed by atoms with van der Waals surface area (Å²) in [5, 5.41) is 13.7. The normalized spacial score (nSPS) is 21.3. The molecule has 2 aromatic heterocycles. The van der Waals surface area contributed by atoms with Crippen LogP contribution in [0.2, 0.25) is 5.02 Å². The van der Waals surface area contributed by atoms with Crippen LogP contribution in [0.5, 0.6) is 0 Å². The van der Waals surface area contributed by atoms with E-state index in [0.29, 0.717) is 46.3 Å². The Kier molecular flexibility index (Phi) is 6.11. The topological polar surface area (TPSA) is 88.3 Å². The minimum absolute atomic E-state index is 0.105. The molecule has 0 aliphatic carbocycles. The fourth-order valence-corrected chi connectivity index (χ4v) is 4.82. The van der Waals surface area contributed by atoms with Crippen LogP contribution in [-0.4, -0.2) is 63.1 Å². The summed E-state index contributed by atoms with van der Waals surface area (Å²) in [6, 6.07) is 3.20. The van der Waals surface area contributed by atoms with Gasteiger partial charge in [-0.1, -0.05) is 11.6 Å². The van der Waals surface area contributed by atoms with Gasteiger partial charge in [0.1, 0.15) is 5.52 Å². The lowest BCUT2D eigenvalue weighted by atomic mass is 10.1. The van der Waals surface area contributed by atoms with Gasteiger partial charge in [-0.25, -0.2) is 19.3 Å². The molecule has 176 valence electrons. The molecule has 0 saturated carbocycles. The van der Waals surface area contributed by atoms with E-state index in [-0.39, 0.29) is 18.7 Å². The molecule has 5 rings (SSSR count). The number of imidazole rings is 1. The van der Waals surface area contributed by atoms with Crippen molar-refractivity contribution >= 4 is 34.5 Å². The number of hydrogen-bond acceptors (Lipinski definition) is 7. The van der Waals surface area contributed by atoms with Crippen LogP contribution < -0.4 is 10.2 Å². The molecule has 4 heterocycles. The monoisotopic (exact) mass is 474 g/mol. The quantitative estimate of drug-likeness (QED) is 0.577. The molecular formula is C23H28ClFN6O2. The first-order valence-electron chi connectivity index (χ1n) is 11.4. The highest BCUT2D eigenvalue weighted by molar-refractivity contribution is 6.33. The van der Waals surface area contributed by atoms with Gasteiger partial charge in [0.2, 0.25) is 11.9 Å². The van der Waals surface area contributed by atoms with Crippen molar-refractivity contribution in [2.24, 2.45) is 0 Å². The molecule has 0 radical (unpaired) electrons. The van der Waals surface area contributed by atoms with E-state index in [2.05, 4.69) is 43.6 Å². The molecule has 2 aliphatic heterocycles. The van der Waals surface area contributed by atoms with Crippen molar-refractivity contribution in [1.29, 1.82) is 0 Å². The largest absolute Gasteiger partial charge is 0.389 e. The lowest BCUT2D eigenvalue weighted by Gasteiger charge is -2.28. The zero-order chi connectivity index (χ0) is 23.1. The Morgan fingerprint density at radius 2 is 2.03 bits per heavy atom. The maximum absolute atomic E-state index is 15.3. The SMILES string of the molecule is CC(C)n1c(N2CCCC2)nc2c(F)cc(-c3nc(N[C@@H]4CCOC[C@H]4O)ncc3Cl)cc21. The van der Waals surface area contributed by atoms with Gasteiger partial charge in [-0.05, 0) is 45.2 Å². The second-order valence-corrected chi connectivity index (χ2v) is 9.37. The molecule has 1 aromatic carbocycles. The van der Waals surface area contributed by atoms with Crippen molar-refractivity contribution in [3.63, 3.8) is 0 Å². The number of anilines is 2. The number of nitrogens with zero attached hydrogens (tertiary/aromatic N) is 5. The molecule has 2 saturated heterocycles. The number of rotatable bonds is 5. The Balaban J connectivity index is 1.56. The zero-order valence-corrected chi connectivity index (χ0v) is 19.5. The Bertz CT molecular complexity index is 1160. The van der Waals surface area contributed by atoms with Gasteiger partial charge in [0.05, 0.1) is 41.2 Å². The Morgan fingerprint density at radius 3 is 2.76 bits per heavy atom. The minimum atomic E-state index is -0.653. The minimum Gasteiger partial charge on any atom is -0.389 e. The molecule has 33 heavy (non-hydrogen) atoms. The van der Waals surface area contributed by atoms with Gasteiger partial charge in [-0.3, -0.25) is 0 Å². The van der Waals surface area contributed by atoms with Gasteiger partial charge in [0, 0.05) is 31.3 Å². The molecular weight excluding hydrogens is 447 g/mol. The molecule has 2 atom stereocenters. The molecule has 0 unspecified atom stereocenters. The highest BCUT2D eigenvalue weighted by Gasteiger charge is 2.26. The van der Waals surface area contributed by atoms with Crippen LogP contribution in [0.25, 0.3) is 22.3 Å². The van der Waals surface area contributed by atoms with E-state index < -0.39 is 11.9 Å². The van der Waals surface area contributed by atoms with Crippen LogP contribution in [0, 0.1) is 5.82 Å².